The van der Waals surface area contributed by atoms with Gasteiger partial charge in [0.05, 0.1) is 17.6 Å². The van der Waals surface area contributed by atoms with Crippen molar-refractivity contribution in [3.63, 3.8) is 0 Å². The van der Waals surface area contributed by atoms with Crippen molar-refractivity contribution in [2.75, 3.05) is 12.4 Å². The van der Waals surface area contributed by atoms with Gasteiger partial charge in [-0.2, -0.15) is 0 Å². The number of non-ortho nitro benzene ring substituents is 1. The fourth-order valence-corrected chi connectivity index (χ4v) is 3.47. The lowest BCUT2D eigenvalue weighted by Gasteiger charge is -2.05. The molecule has 0 aliphatic rings. The molecule has 3 aromatic rings. The third kappa shape index (κ3) is 5.15. The molecule has 2 aromatic carbocycles. The molecule has 10 heteroatoms. The van der Waals surface area contributed by atoms with Crippen molar-refractivity contribution in [2.45, 2.75) is 6.42 Å². The van der Waals surface area contributed by atoms with Gasteiger partial charge in [-0.3, -0.25) is 20.2 Å². The van der Waals surface area contributed by atoms with Crippen LogP contribution in [0.1, 0.15) is 31.2 Å². The van der Waals surface area contributed by atoms with Crippen LogP contribution < -0.4 is 5.32 Å². The molecule has 1 amide bonds. The lowest BCUT2D eigenvalue weighted by atomic mass is 10.1. The van der Waals surface area contributed by atoms with Crippen LogP contribution in [0.5, 0.6) is 0 Å². The molecule has 0 saturated heterocycles. The zero-order valence-corrected chi connectivity index (χ0v) is 16.6. The Morgan fingerprint density at radius 3 is 2.55 bits per heavy atom. The number of rotatable bonds is 6. The van der Waals surface area contributed by atoms with Crippen LogP contribution in [-0.4, -0.2) is 28.9 Å². The first-order chi connectivity index (χ1) is 13.9. The van der Waals surface area contributed by atoms with Crippen LogP contribution in [0.2, 0.25) is 5.02 Å². The Kier molecular flexibility index (Phi) is 6.20. The second-order valence-electron chi connectivity index (χ2n) is 5.91. The molecule has 3 rings (SSSR count). The Hall–Kier alpha value is -3.30. The Balaban J connectivity index is 1.77. The largest absolute Gasteiger partial charge is 0.465 e. The van der Waals surface area contributed by atoms with E-state index >= 15 is 0 Å². The summed E-state index contributed by atoms with van der Waals surface area (Å²) in [5.41, 5.74) is 0.515. The molecule has 1 N–H and O–H groups in total. The number of carbonyl (C=O) groups is 2. The summed E-state index contributed by atoms with van der Waals surface area (Å²) >= 11 is 7.16. The van der Waals surface area contributed by atoms with Gasteiger partial charge in [0.2, 0.25) is 0 Å². The number of nitro benzene ring substituents is 1. The zero-order chi connectivity index (χ0) is 21.0. The monoisotopic (exact) mass is 431 g/mol. The van der Waals surface area contributed by atoms with Crippen LogP contribution in [-0.2, 0) is 11.2 Å². The summed E-state index contributed by atoms with van der Waals surface area (Å²) in [6.45, 7) is 0. The van der Waals surface area contributed by atoms with Crippen LogP contribution >= 0.6 is 22.9 Å². The van der Waals surface area contributed by atoms with Gasteiger partial charge in [-0.1, -0.05) is 23.7 Å². The van der Waals surface area contributed by atoms with Gasteiger partial charge in [0.25, 0.3) is 11.6 Å². The Morgan fingerprint density at radius 2 is 1.90 bits per heavy atom. The Morgan fingerprint density at radius 1 is 1.21 bits per heavy atom. The summed E-state index contributed by atoms with van der Waals surface area (Å²) in [6.07, 6.45) is 2.26. The van der Waals surface area contributed by atoms with Crippen LogP contribution in [0.25, 0.3) is 0 Å². The van der Waals surface area contributed by atoms with E-state index in [0.717, 1.165) is 29.7 Å². The van der Waals surface area contributed by atoms with E-state index in [0.29, 0.717) is 16.6 Å². The predicted molar refractivity (Wildman–Crippen MR) is 109 cm³/mol. The van der Waals surface area contributed by atoms with E-state index in [4.69, 9.17) is 11.6 Å². The first-order valence-electron chi connectivity index (χ1n) is 8.24. The van der Waals surface area contributed by atoms with Crippen molar-refractivity contribution in [3.05, 3.63) is 85.4 Å². The molecule has 0 spiro atoms. The van der Waals surface area contributed by atoms with Crippen molar-refractivity contribution in [1.82, 2.24) is 4.98 Å². The van der Waals surface area contributed by atoms with E-state index in [-0.39, 0.29) is 16.8 Å². The SMILES string of the molecule is COC(=O)c1cc(C(=O)Nc2ncc(Cc3ccc(Cl)cc3)s2)cc([N+](=O)[O-])c1. The minimum Gasteiger partial charge on any atom is -0.465 e. The first kappa shape index (κ1) is 20.4. The zero-order valence-electron chi connectivity index (χ0n) is 15.0. The molecule has 0 unspecified atom stereocenters. The van der Waals surface area contributed by atoms with E-state index in [9.17, 15) is 19.7 Å². The maximum atomic E-state index is 12.5. The van der Waals surface area contributed by atoms with Crippen LogP contribution in [0.15, 0.2) is 48.7 Å². The van der Waals surface area contributed by atoms with Gasteiger partial charge in [0.1, 0.15) is 0 Å². The third-order valence-electron chi connectivity index (χ3n) is 3.88. The Bertz CT molecular complexity index is 1080. The molecular weight excluding hydrogens is 418 g/mol. The molecule has 0 fully saturated rings. The highest BCUT2D eigenvalue weighted by Gasteiger charge is 2.19. The van der Waals surface area contributed by atoms with Crippen molar-refractivity contribution >= 4 is 45.6 Å². The van der Waals surface area contributed by atoms with Gasteiger partial charge in [0.15, 0.2) is 5.13 Å². The van der Waals surface area contributed by atoms with Crippen LogP contribution in [0.3, 0.4) is 0 Å². The fourth-order valence-electron chi connectivity index (χ4n) is 2.50. The number of nitro groups is 1. The number of halogens is 1. The maximum Gasteiger partial charge on any atom is 0.338 e. The molecule has 0 bridgehead atoms. The number of benzene rings is 2. The lowest BCUT2D eigenvalue weighted by Crippen LogP contribution is -2.13. The minimum atomic E-state index is -0.776. The number of carbonyl (C=O) groups excluding carboxylic acids is 2. The number of hydrogen-bond acceptors (Lipinski definition) is 7. The van der Waals surface area contributed by atoms with Gasteiger partial charge in [-0.25, -0.2) is 9.78 Å². The van der Waals surface area contributed by atoms with E-state index < -0.39 is 16.8 Å². The molecule has 148 valence electrons. The smallest absolute Gasteiger partial charge is 0.338 e. The number of nitrogens with one attached hydrogen (secondary N) is 1. The summed E-state index contributed by atoms with van der Waals surface area (Å²) in [6, 6.07) is 10.8. The fraction of sp³-hybridized carbons (Fsp3) is 0.105. The highest BCUT2D eigenvalue weighted by atomic mass is 35.5. The quantitative estimate of drug-likeness (QED) is 0.353. The van der Waals surface area contributed by atoms with Crippen LogP contribution in [0, 0.1) is 10.1 Å². The normalized spacial score (nSPS) is 10.4. The number of thiazole rings is 1. The highest BCUT2D eigenvalue weighted by molar-refractivity contribution is 7.15. The molecule has 1 aromatic heterocycles. The number of nitrogens with zero attached hydrogens (tertiary/aromatic N) is 2. The standard InChI is InChI=1S/C19H14ClN3O5S/c1-28-18(25)13-7-12(8-15(9-13)23(26)27)17(24)22-19-21-10-16(29-19)6-11-2-4-14(20)5-3-11/h2-5,7-10H,6H2,1H3,(H,21,22,24). The highest BCUT2D eigenvalue weighted by Crippen LogP contribution is 2.24. The van der Waals surface area contributed by atoms with Crippen molar-refractivity contribution in [3.8, 4) is 0 Å². The van der Waals surface area contributed by atoms with Crippen LogP contribution in [0.4, 0.5) is 10.8 Å². The topological polar surface area (TPSA) is 111 Å². The summed E-state index contributed by atoms with van der Waals surface area (Å²) in [5, 5.41) is 14.7. The van der Waals surface area contributed by atoms with Crippen molar-refractivity contribution < 1.29 is 19.2 Å². The van der Waals surface area contributed by atoms with Gasteiger partial charge in [-0.15, -0.1) is 11.3 Å². The summed E-state index contributed by atoms with van der Waals surface area (Å²) in [4.78, 5) is 39.7. The number of anilines is 1. The van der Waals surface area contributed by atoms with Crippen molar-refractivity contribution in [1.29, 1.82) is 0 Å². The van der Waals surface area contributed by atoms with Crippen molar-refractivity contribution in [2.24, 2.45) is 0 Å². The molecule has 0 atom stereocenters. The molecule has 8 nitrogen and oxygen atoms in total. The average molecular weight is 432 g/mol. The summed E-state index contributed by atoms with van der Waals surface area (Å²) in [7, 11) is 1.15. The lowest BCUT2D eigenvalue weighted by molar-refractivity contribution is -0.384. The van der Waals surface area contributed by atoms with Gasteiger partial charge in [-0.05, 0) is 23.8 Å². The van der Waals surface area contributed by atoms with E-state index in [1.807, 2.05) is 12.1 Å². The molecule has 29 heavy (non-hydrogen) atoms. The second-order valence-corrected chi connectivity index (χ2v) is 7.46. The van der Waals surface area contributed by atoms with E-state index in [1.165, 1.54) is 17.4 Å². The number of methoxy groups -OCH3 is 1. The number of aromatic nitrogens is 1. The molecular formula is C19H14ClN3O5S. The Labute approximate surface area is 174 Å². The van der Waals surface area contributed by atoms with Gasteiger partial charge in [0, 0.05) is 40.2 Å². The second kappa shape index (κ2) is 8.80. The molecule has 0 saturated carbocycles. The van der Waals surface area contributed by atoms with E-state index in [1.54, 1.807) is 18.3 Å². The van der Waals surface area contributed by atoms with E-state index in [2.05, 4.69) is 15.0 Å². The third-order valence-corrected chi connectivity index (χ3v) is 5.04. The number of esters is 1. The maximum absolute atomic E-state index is 12.5. The number of ether oxygens (including phenoxy) is 1. The average Bonchev–Trinajstić information content (AvgIpc) is 3.15. The molecule has 1 heterocycles. The molecule has 0 aliphatic heterocycles. The summed E-state index contributed by atoms with van der Waals surface area (Å²) < 4.78 is 4.58. The van der Waals surface area contributed by atoms with Gasteiger partial charge >= 0.3 is 5.97 Å². The van der Waals surface area contributed by atoms with Gasteiger partial charge < -0.3 is 4.74 Å². The number of hydrogen-bond donors (Lipinski definition) is 1. The molecule has 0 radical (unpaired) electrons. The first-order valence-corrected chi connectivity index (χ1v) is 9.43. The number of amides is 1. The predicted octanol–water partition coefficient (Wildman–Crippen LogP) is 4.33. The summed E-state index contributed by atoms with van der Waals surface area (Å²) in [5.74, 6) is -1.39. The minimum absolute atomic E-state index is 0.0472. The molecule has 0 aliphatic carbocycles.